The summed E-state index contributed by atoms with van der Waals surface area (Å²) in [5.41, 5.74) is 4.36. The monoisotopic (exact) mass is 269 g/mol. The van der Waals surface area contributed by atoms with E-state index in [1.165, 1.54) is 11.1 Å². The summed E-state index contributed by atoms with van der Waals surface area (Å²) in [6.07, 6.45) is 0.962. The summed E-state index contributed by atoms with van der Waals surface area (Å²) >= 11 is 0. The zero-order chi connectivity index (χ0) is 14.1. The molecule has 0 bridgehead atoms. The van der Waals surface area contributed by atoms with Crippen molar-refractivity contribution >= 4 is 0 Å². The van der Waals surface area contributed by atoms with Crippen LogP contribution in [0.25, 0.3) is 11.3 Å². The normalized spacial score (nSPS) is 18.4. The summed E-state index contributed by atoms with van der Waals surface area (Å²) in [6, 6.07) is 9.92. The molecule has 2 heterocycles. The van der Waals surface area contributed by atoms with E-state index in [0.29, 0.717) is 0 Å². The number of hydrogen-bond acceptors (Lipinski definition) is 3. The Balaban J connectivity index is 2.06. The molecule has 1 aromatic carbocycles. The predicted octanol–water partition coefficient (Wildman–Crippen LogP) is 2.06. The molecule has 1 atom stereocenters. The van der Waals surface area contributed by atoms with Gasteiger partial charge in [0, 0.05) is 18.2 Å². The molecular weight excluding hydrogens is 250 g/mol. The smallest absolute Gasteiger partial charge is 0.267 e. The summed E-state index contributed by atoms with van der Waals surface area (Å²) in [5.74, 6) is 0. The van der Waals surface area contributed by atoms with Gasteiger partial charge in [0.1, 0.15) is 0 Å². The van der Waals surface area contributed by atoms with Gasteiger partial charge in [0.25, 0.3) is 5.56 Å². The Hall–Kier alpha value is -1.94. The van der Waals surface area contributed by atoms with Crippen LogP contribution >= 0.6 is 0 Å². The second-order valence-electron chi connectivity index (χ2n) is 5.47. The van der Waals surface area contributed by atoms with Crippen LogP contribution in [0.3, 0.4) is 0 Å². The minimum atomic E-state index is -0.0211. The zero-order valence-electron chi connectivity index (χ0n) is 11.9. The topological polar surface area (TPSA) is 46.9 Å². The third-order valence-corrected chi connectivity index (χ3v) is 3.86. The molecule has 104 valence electrons. The maximum atomic E-state index is 12.0. The second-order valence-corrected chi connectivity index (χ2v) is 5.47. The van der Waals surface area contributed by atoms with Gasteiger partial charge in [-0.05, 0) is 38.4 Å². The summed E-state index contributed by atoms with van der Waals surface area (Å²) in [6.45, 7) is 5.93. The SMILES string of the molecule is Cc1ccc(-c2ccc(=O)n(C3CCNC3)n2)c(C)c1. The van der Waals surface area contributed by atoms with Crippen molar-refractivity contribution in [3.05, 3.63) is 51.8 Å². The van der Waals surface area contributed by atoms with Crippen LogP contribution in [0.4, 0.5) is 0 Å². The average Bonchev–Trinajstić information content (AvgIpc) is 2.93. The molecule has 1 unspecified atom stereocenters. The van der Waals surface area contributed by atoms with E-state index in [4.69, 9.17) is 0 Å². The molecule has 0 amide bonds. The van der Waals surface area contributed by atoms with E-state index < -0.39 is 0 Å². The Morgan fingerprint density at radius 1 is 1.25 bits per heavy atom. The van der Waals surface area contributed by atoms with E-state index in [9.17, 15) is 4.79 Å². The van der Waals surface area contributed by atoms with Crippen LogP contribution in [-0.4, -0.2) is 22.9 Å². The second kappa shape index (κ2) is 5.21. The fourth-order valence-corrected chi connectivity index (χ4v) is 2.78. The van der Waals surface area contributed by atoms with E-state index in [1.54, 1.807) is 10.7 Å². The van der Waals surface area contributed by atoms with Crippen molar-refractivity contribution < 1.29 is 0 Å². The molecular formula is C16H19N3O. The fraction of sp³-hybridized carbons (Fsp3) is 0.375. The van der Waals surface area contributed by atoms with Crippen molar-refractivity contribution in [2.45, 2.75) is 26.3 Å². The van der Waals surface area contributed by atoms with Gasteiger partial charge < -0.3 is 5.32 Å². The first kappa shape index (κ1) is 13.1. The van der Waals surface area contributed by atoms with Gasteiger partial charge in [0.15, 0.2) is 0 Å². The van der Waals surface area contributed by atoms with Crippen LogP contribution < -0.4 is 10.9 Å². The van der Waals surface area contributed by atoms with Gasteiger partial charge in [0.2, 0.25) is 0 Å². The van der Waals surface area contributed by atoms with Gasteiger partial charge in [-0.1, -0.05) is 23.8 Å². The van der Waals surface area contributed by atoms with Crippen LogP contribution in [0.2, 0.25) is 0 Å². The molecule has 0 saturated carbocycles. The molecule has 2 aromatic rings. The average molecular weight is 269 g/mol. The minimum Gasteiger partial charge on any atom is -0.315 e. The van der Waals surface area contributed by atoms with Crippen LogP contribution in [0.15, 0.2) is 35.1 Å². The standard InChI is InChI=1S/C16H19N3O/c1-11-3-4-14(12(2)9-11)15-5-6-16(20)19(18-15)13-7-8-17-10-13/h3-6,9,13,17H,7-8,10H2,1-2H3. The molecule has 1 aliphatic heterocycles. The minimum absolute atomic E-state index is 0.0211. The first-order chi connectivity index (χ1) is 9.65. The highest BCUT2D eigenvalue weighted by atomic mass is 16.1. The maximum Gasteiger partial charge on any atom is 0.267 e. The number of nitrogens with zero attached hydrogens (tertiary/aromatic N) is 2. The number of aromatic nitrogens is 2. The highest BCUT2D eigenvalue weighted by Gasteiger charge is 2.19. The van der Waals surface area contributed by atoms with E-state index in [1.807, 2.05) is 6.07 Å². The highest BCUT2D eigenvalue weighted by molar-refractivity contribution is 5.63. The van der Waals surface area contributed by atoms with Crippen molar-refractivity contribution in [2.24, 2.45) is 0 Å². The molecule has 1 saturated heterocycles. The molecule has 0 aliphatic carbocycles. The lowest BCUT2D eigenvalue weighted by Gasteiger charge is -2.13. The van der Waals surface area contributed by atoms with Crippen molar-refractivity contribution in [1.82, 2.24) is 15.1 Å². The molecule has 0 radical (unpaired) electrons. The molecule has 20 heavy (non-hydrogen) atoms. The van der Waals surface area contributed by atoms with Crippen molar-refractivity contribution in [3.8, 4) is 11.3 Å². The number of aryl methyl sites for hydroxylation is 2. The van der Waals surface area contributed by atoms with Crippen LogP contribution in [0, 0.1) is 13.8 Å². The molecule has 4 heteroatoms. The number of nitrogens with one attached hydrogen (secondary N) is 1. The summed E-state index contributed by atoms with van der Waals surface area (Å²) in [5, 5.41) is 7.86. The zero-order valence-corrected chi connectivity index (χ0v) is 11.9. The third-order valence-electron chi connectivity index (χ3n) is 3.86. The van der Waals surface area contributed by atoms with Crippen LogP contribution in [0.5, 0.6) is 0 Å². The Labute approximate surface area is 118 Å². The first-order valence-electron chi connectivity index (χ1n) is 7.03. The Bertz CT molecular complexity index is 684. The van der Waals surface area contributed by atoms with E-state index >= 15 is 0 Å². The molecule has 1 fully saturated rings. The fourth-order valence-electron chi connectivity index (χ4n) is 2.78. The summed E-state index contributed by atoms with van der Waals surface area (Å²) in [7, 11) is 0. The van der Waals surface area contributed by atoms with E-state index in [-0.39, 0.29) is 11.6 Å². The van der Waals surface area contributed by atoms with Gasteiger partial charge in [-0.2, -0.15) is 5.10 Å². The molecule has 1 aromatic heterocycles. The highest BCUT2D eigenvalue weighted by Crippen LogP contribution is 2.22. The van der Waals surface area contributed by atoms with Crippen molar-refractivity contribution in [2.75, 3.05) is 13.1 Å². The van der Waals surface area contributed by atoms with Gasteiger partial charge >= 0.3 is 0 Å². The van der Waals surface area contributed by atoms with Gasteiger partial charge in [-0.3, -0.25) is 4.79 Å². The largest absolute Gasteiger partial charge is 0.315 e. The van der Waals surface area contributed by atoms with Crippen molar-refractivity contribution in [1.29, 1.82) is 0 Å². The quantitative estimate of drug-likeness (QED) is 0.907. The van der Waals surface area contributed by atoms with Crippen LogP contribution in [0.1, 0.15) is 23.6 Å². The van der Waals surface area contributed by atoms with E-state index in [0.717, 1.165) is 30.8 Å². The molecule has 3 rings (SSSR count). The number of rotatable bonds is 2. The Kier molecular flexibility index (Phi) is 3.40. The maximum absolute atomic E-state index is 12.0. The molecule has 4 nitrogen and oxygen atoms in total. The molecule has 0 spiro atoms. The lowest BCUT2D eigenvalue weighted by molar-refractivity contribution is 0.467. The van der Waals surface area contributed by atoms with Gasteiger partial charge in [-0.25, -0.2) is 4.68 Å². The van der Waals surface area contributed by atoms with Gasteiger partial charge in [0.05, 0.1) is 11.7 Å². The van der Waals surface area contributed by atoms with Crippen molar-refractivity contribution in [3.63, 3.8) is 0 Å². The number of benzene rings is 1. The van der Waals surface area contributed by atoms with Gasteiger partial charge in [-0.15, -0.1) is 0 Å². The van der Waals surface area contributed by atoms with E-state index in [2.05, 4.69) is 42.5 Å². The first-order valence-corrected chi connectivity index (χ1v) is 7.03. The predicted molar refractivity (Wildman–Crippen MR) is 79.9 cm³/mol. The molecule has 1 N–H and O–H groups in total. The van der Waals surface area contributed by atoms with Crippen LogP contribution in [-0.2, 0) is 0 Å². The Morgan fingerprint density at radius 3 is 2.80 bits per heavy atom. The lowest BCUT2D eigenvalue weighted by Crippen LogP contribution is -2.28. The molecule has 1 aliphatic rings. The summed E-state index contributed by atoms with van der Waals surface area (Å²) in [4.78, 5) is 12.0. The number of hydrogen-bond donors (Lipinski definition) is 1. The Morgan fingerprint density at radius 2 is 2.10 bits per heavy atom. The lowest BCUT2D eigenvalue weighted by atomic mass is 10.0. The third kappa shape index (κ3) is 2.39. The summed E-state index contributed by atoms with van der Waals surface area (Å²) < 4.78 is 1.63.